The first kappa shape index (κ1) is 14.0. The zero-order chi connectivity index (χ0) is 12.8. The molecule has 0 unspecified atom stereocenters. The predicted octanol–water partition coefficient (Wildman–Crippen LogP) is 3.66. The zero-order valence-electron chi connectivity index (χ0n) is 10.9. The Hall–Kier alpha value is -1.09. The summed E-state index contributed by atoms with van der Waals surface area (Å²) in [4.78, 5) is 0. The molecule has 0 amide bonds. The molecule has 0 bridgehead atoms. The van der Waals surface area contributed by atoms with Crippen LogP contribution in [-0.2, 0) is 0 Å². The summed E-state index contributed by atoms with van der Waals surface area (Å²) in [6, 6.07) is 4.31. The molecule has 0 aliphatic heterocycles. The molecule has 0 radical (unpaired) electrons. The SMILES string of the molecule is CCC(CC)COc1ccc(F)cc1[C@H](C)N. The molecule has 17 heavy (non-hydrogen) atoms. The Balaban J connectivity index is 2.76. The Bertz CT molecular complexity index is 348. The van der Waals surface area contributed by atoms with E-state index in [2.05, 4.69) is 13.8 Å². The van der Waals surface area contributed by atoms with Gasteiger partial charge in [-0.1, -0.05) is 26.7 Å². The van der Waals surface area contributed by atoms with Gasteiger partial charge in [-0.05, 0) is 31.0 Å². The van der Waals surface area contributed by atoms with E-state index in [9.17, 15) is 4.39 Å². The van der Waals surface area contributed by atoms with Gasteiger partial charge in [0.15, 0.2) is 0 Å². The minimum atomic E-state index is -0.271. The van der Waals surface area contributed by atoms with Crippen molar-refractivity contribution in [3.8, 4) is 5.75 Å². The number of halogens is 1. The first-order valence-electron chi connectivity index (χ1n) is 6.26. The summed E-state index contributed by atoms with van der Waals surface area (Å²) < 4.78 is 18.9. The third-order valence-electron chi connectivity index (χ3n) is 3.09. The van der Waals surface area contributed by atoms with E-state index >= 15 is 0 Å². The van der Waals surface area contributed by atoms with Crippen LogP contribution in [0.4, 0.5) is 4.39 Å². The largest absolute Gasteiger partial charge is 0.493 e. The van der Waals surface area contributed by atoms with E-state index in [-0.39, 0.29) is 11.9 Å². The van der Waals surface area contributed by atoms with E-state index in [1.54, 1.807) is 6.07 Å². The first-order valence-corrected chi connectivity index (χ1v) is 6.26. The average Bonchev–Trinajstić information content (AvgIpc) is 2.31. The third kappa shape index (κ3) is 4.00. The molecule has 0 saturated carbocycles. The number of rotatable bonds is 6. The third-order valence-corrected chi connectivity index (χ3v) is 3.09. The molecule has 0 saturated heterocycles. The van der Waals surface area contributed by atoms with Gasteiger partial charge in [-0.3, -0.25) is 0 Å². The van der Waals surface area contributed by atoms with Crippen molar-refractivity contribution in [1.29, 1.82) is 0 Å². The molecular formula is C14H22FNO. The van der Waals surface area contributed by atoms with E-state index in [0.717, 1.165) is 18.4 Å². The molecule has 0 heterocycles. The quantitative estimate of drug-likeness (QED) is 0.822. The van der Waals surface area contributed by atoms with E-state index in [1.165, 1.54) is 12.1 Å². The number of nitrogens with two attached hydrogens (primary N) is 1. The highest BCUT2D eigenvalue weighted by Gasteiger charge is 2.11. The summed E-state index contributed by atoms with van der Waals surface area (Å²) >= 11 is 0. The summed E-state index contributed by atoms with van der Waals surface area (Å²) in [7, 11) is 0. The van der Waals surface area contributed by atoms with Crippen LogP contribution in [0.2, 0.25) is 0 Å². The molecule has 2 N–H and O–H groups in total. The molecule has 0 spiro atoms. The molecule has 0 aliphatic rings. The van der Waals surface area contributed by atoms with E-state index < -0.39 is 0 Å². The highest BCUT2D eigenvalue weighted by atomic mass is 19.1. The topological polar surface area (TPSA) is 35.2 Å². The van der Waals surface area contributed by atoms with Crippen molar-refractivity contribution in [2.75, 3.05) is 6.61 Å². The van der Waals surface area contributed by atoms with Gasteiger partial charge in [0.25, 0.3) is 0 Å². The van der Waals surface area contributed by atoms with Crippen LogP contribution < -0.4 is 10.5 Å². The maximum absolute atomic E-state index is 13.1. The van der Waals surface area contributed by atoms with Crippen LogP contribution in [0.25, 0.3) is 0 Å². The highest BCUT2D eigenvalue weighted by molar-refractivity contribution is 5.36. The Kier molecular flexibility index (Phi) is 5.42. The molecule has 96 valence electrons. The van der Waals surface area contributed by atoms with Crippen LogP contribution >= 0.6 is 0 Å². The molecule has 2 nitrogen and oxygen atoms in total. The van der Waals surface area contributed by atoms with Crippen LogP contribution in [0.1, 0.15) is 45.2 Å². The van der Waals surface area contributed by atoms with Gasteiger partial charge in [-0.15, -0.1) is 0 Å². The molecule has 0 aromatic heterocycles. The maximum atomic E-state index is 13.1. The Morgan fingerprint density at radius 3 is 2.47 bits per heavy atom. The molecule has 1 aromatic carbocycles. The smallest absolute Gasteiger partial charge is 0.124 e. The van der Waals surface area contributed by atoms with Crippen molar-refractivity contribution in [3.63, 3.8) is 0 Å². The molecular weight excluding hydrogens is 217 g/mol. The van der Waals surface area contributed by atoms with Gasteiger partial charge in [0.2, 0.25) is 0 Å². The lowest BCUT2D eigenvalue weighted by Gasteiger charge is -2.17. The molecule has 1 atom stereocenters. The number of benzene rings is 1. The van der Waals surface area contributed by atoms with Crippen LogP contribution in [0.15, 0.2) is 18.2 Å². The summed E-state index contributed by atoms with van der Waals surface area (Å²) in [6.45, 7) is 6.79. The average molecular weight is 239 g/mol. The van der Waals surface area contributed by atoms with Gasteiger partial charge in [-0.25, -0.2) is 4.39 Å². The van der Waals surface area contributed by atoms with Crippen molar-refractivity contribution in [2.24, 2.45) is 11.7 Å². The second-order valence-electron chi connectivity index (χ2n) is 4.46. The van der Waals surface area contributed by atoms with Gasteiger partial charge >= 0.3 is 0 Å². The number of hydrogen-bond donors (Lipinski definition) is 1. The van der Waals surface area contributed by atoms with Crippen molar-refractivity contribution >= 4 is 0 Å². The Morgan fingerprint density at radius 1 is 1.29 bits per heavy atom. The molecule has 1 rings (SSSR count). The van der Waals surface area contributed by atoms with Crippen molar-refractivity contribution in [2.45, 2.75) is 39.7 Å². The van der Waals surface area contributed by atoms with Gasteiger partial charge in [0.1, 0.15) is 11.6 Å². The predicted molar refractivity (Wildman–Crippen MR) is 68.6 cm³/mol. The van der Waals surface area contributed by atoms with Crippen molar-refractivity contribution < 1.29 is 9.13 Å². The molecule has 0 aliphatic carbocycles. The van der Waals surface area contributed by atoms with Gasteiger partial charge in [0.05, 0.1) is 6.61 Å². The number of hydrogen-bond acceptors (Lipinski definition) is 2. The van der Waals surface area contributed by atoms with Gasteiger partial charge in [0, 0.05) is 11.6 Å². The minimum absolute atomic E-state index is 0.220. The zero-order valence-corrected chi connectivity index (χ0v) is 10.9. The monoisotopic (exact) mass is 239 g/mol. The van der Waals surface area contributed by atoms with E-state index in [0.29, 0.717) is 18.3 Å². The molecule has 1 aromatic rings. The summed E-state index contributed by atoms with van der Waals surface area (Å²) in [5.41, 5.74) is 6.54. The van der Waals surface area contributed by atoms with Crippen molar-refractivity contribution in [1.82, 2.24) is 0 Å². The van der Waals surface area contributed by atoms with Crippen molar-refractivity contribution in [3.05, 3.63) is 29.6 Å². The summed E-state index contributed by atoms with van der Waals surface area (Å²) in [6.07, 6.45) is 2.18. The standard InChI is InChI=1S/C14H22FNO/c1-4-11(5-2)9-17-14-7-6-12(15)8-13(14)10(3)16/h6-8,10-11H,4-5,9,16H2,1-3H3/t10-/m0/s1. The Morgan fingerprint density at radius 2 is 1.94 bits per heavy atom. The lowest BCUT2D eigenvalue weighted by Crippen LogP contribution is -2.13. The fourth-order valence-electron chi connectivity index (χ4n) is 1.74. The van der Waals surface area contributed by atoms with Crippen LogP contribution in [0, 0.1) is 11.7 Å². The van der Waals surface area contributed by atoms with Gasteiger partial charge < -0.3 is 10.5 Å². The summed E-state index contributed by atoms with van der Waals surface area (Å²) in [5.74, 6) is 0.974. The second kappa shape index (κ2) is 6.60. The highest BCUT2D eigenvalue weighted by Crippen LogP contribution is 2.25. The summed E-state index contributed by atoms with van der Waals surface area (Å²) in [5, 5.41) is 0. The molecule has 0 fully saturated rings. The first-order chi connectivity index (χ1) is 8.08. The fraction of sp³-hybridized carbons (Fsp3) is 0.571. The normalized spacial score (nSPS) is 12.8. The van der Waals surface area contributed by atoms with Crippen LogP contribution in [0.3, 0.4) is 0 Å². The van der Waals surface area contributed by atoms with Crippen LogP contribution in [0.5, 0.6) is 5.75 Å². The van der Waals surface area contributed by atoms with Gasteiger partial charge in [-0.2, -0.15) is 0 Å². The Labute approximate surface area is 103 Å². The number of ether oxygens (including phenoxy) is 1. The molecule has 3 heteroatoms. The van der Waals surface area contributed by atoms with E-state index in [4.69, 9.17) is 10.5 Å². The maximum Gasteiger partial charge on any atom is 0.124 e. The van der Waals surface area contributed by atoms with Crippen LogP contribution in [-0.4, -0.2) is 6.61 Å². The minimum Gasteiger partial charge on any atom is -0.493 e. The second-order valence-corrected chi connectivity index (χ2v) is 4.46. The lowest BCUT2D eigenvalue weighted by atomic mass is 10.0. The van der Waals surface area contributed by atoms with E-state index in [1.807, 2.05) is 6.92 Å². The lowest BCUT2D eigenvalue weighted by molar-refractivity contribution is 0.237. The fourth-order valence-corrected chi connectivity index (χ4v) is 1.74.